The highest BCUT2D eigenvalue weighted by atomic mass is 19.3. The third-order valence-electron chi connectivity index (χ3n) is 2.34. The Morgan fingerprint density at radius 2 is 2.09 bits per heavy atom. The first-order valence-corrected chi connectivity index (χ1v) is 4.12. The lowest BCUT2D eigenvalue weighted by atomic mass is 9.84. The van der Waals surface area contributed by atoms with E-state index >= 15 is 0 Å². The number of hydrogen-bond donors (Lipinski definition) is 1. The first-order valence-electron chi connectivity index (χ1n) is 4.12. The molecule has 0 bridgehead atoms. The Balaban J connectivity index is 2.60. The summed E-state index contributed by atoms with van der Waals surface area (Å²) in [4.78, 5) is 0. The minimum atomic E-state index is -2.49. The highest BCUT2D eigenvalue weighted by Gasteiger charge is 2.42. The standard InChI is InChI=1S/C8H15F2N/c1-6(2)7-3-4-11-5-8(7,9)10/h6-7,11H,3-5H2,1-2H3. The molecule has 1 aliphatic heterocycles. The Bertz CT molecular complexity index is 134. The van der Waals surface area contributed by atoms with Gasteiger partial charge in [-0.3, -0.25) is 0 Å². The van der Waals surface area contributed by atoms with Crippen molar-refractivity contribution in [3.8, 4) is 0 Å². The van der Waals surface area contributed by atoms with Gasteiger partial charge in [-0.15, -0.1) is 0 Å². The van der Waals surface area contributed by atoms with Gasteiger partial charge in [0.1, 0.15) is 0 Å². The van der Waals surface area contributed by atoms with Crippen molar-refractivity contribution in [3.05, 3.63) is 0 Å². The first-order chi connectivity index (χ1) is 5.04. The SMILES string of the molecule is CC(C)C1CCNCC1(F)F. The van der Waals surface area contributed by atoms with Gasteiger partial charge in [0, 0.05) is 5.92 Å². The molecule has 1 atom stereocenters. The fourth-order valence-corrected chi connectivity index (χ4v) is 1.68. The number of nitrogens with one attached hydrogen (secondary N) is 1. The van der Waals surface area contributed by atoms with E-state index in [1.54, 1.807) is 0 Å². The molecule has 0 saturated carbocycles. The number of halogens is 2. The third-order valence-corrected chi connectivity index (χ3v) is 2.34. The van der Waals surface area contributed by atoms with Crippen LogP contribution < -0.4 is 5.32 Å². The molecule has 11 heavy (non-hydrogen) atoms. The van der Waals surface area contributed by atoms with Gasteiger partial charge in [0.25, 0.3) is 5.92 Å². The van der Waals surface area contributed by atoms with Crippen molar-refractivity contribution in [2.45, 2.75) is 26.2 Å². The summed E-state index contributed by atoms with van der Waals surface area (Å²) in [5.41, 5.74) is 0. The van der Waals surface area contributed by atoms with E-state index in [1.807, 2.05) is 13.8 Å². The molecule has 1 unspecified atom stereocenters. The van der Waals surface area contributed by atoms with E-state index in [1.165, 1.54) is 0 Å². The van der Waals surface area contributed by atoms with Gasteiger partial charge in [-0.25, -0.2) is 8.78 Å². The molecule has 1 aliphatic rings. The van der Waals surface area contributed by atoms with Gasteiger partial charge in [0.05, 0.1) is 6.54 Å². The summed E-state index contributed by atoms with van der Waals surface area (Å²) in [5.74, 6) is -2.83. The molecule has 0 aliphatic carbocycles. The van der Waals surface area contributed by atoms with Crippen LogP contribution in [0, 0.1) is 11.8 Å². The molecule has 66 valence electrons. The van der Waals surface area contributed by atoms with Crippen LogP contribution >= 0.6 is 0 Å². The Morgan fingerprint density at radius 3 is 2.45 bits per heavy atom. The summed E-state index contributed by atoms with van der Waals surface area (Å²) in [5, 5.41) is 2.71. The summed E-state index contributed by atoms with van der Waals surface area (Å²) in [6.45, 7) is 4.32. The Morgan fingerprint density at radius 1 is 1.45 bits per heavy atom. The van der Waals surface area contributed by atoms with Crippen molar-refractivity contribution in [3.63, 3.8) is 0 Å². The molecule has 0 spiro atoms. The zero-order chi connectivity index (χ0) is 8.48. The van der Waals surface area contributed by atoms with Crippen LogP contribution in [-0.2, 0) is 0 Å². The van der Waals surface area contributed by atoms with Crippen LogP contribution in [0.3, 0.4) is 0 Å². The van der Waals surface area contributed by atoms with Gasteiger partial charge >= 0.3 is 0 Å². The van der Waals surface area contributed by atoms with Crippen molar-refractivity contribution < 1.29 is 8.78 Å². The van der Waals surface area contributed by atoms with Crippen molar-refractivity contribution in [2.75, 3.05) is 13.1 Å². The maximum atomic E-state index is 13.1. The quantitative estimate of drug-likeness (QED) is 0.622. The van der Waals surface area contributed by atoms with Crippen molar-refractivity contribution in [1.82, 2.24) is 5.32 Å². The smallest absolute Gasteiger partial charge is 0.263 e. The van der Waals surface area contributed by atoms with Gasteiger partial charge in [0.2, 0.25) is 0 Å². The highest BCUT2D eigenvalue weighted by Crippen LogP contribution is 2.34. The van der Waals surface area contributed by atoms with E-state index in [-0.39, 0.29) is 12.5 Å². The minimum Gasteiger partial charge on any atom is -0.311 e. The topological polar surface area (TPSA) is 12.0 Å². The van der Waals surface area contributed by atoms with E-state index in [0.29, 0.717) is 6.42 Å². The predicted molar refractivity (Wildman–Crippen MR) is 40.8 cm³/mol. The fraction of sp³-hybridized carbons (Fsp3) is 1.00. The first kappa shape index (κ1) is 8.91. The lowest BCUT2D eigenvalue weighted by Gasteiger charge is -2.34. The van der Waals surface area contributed by atoms with E-state index in [4.69, 9.17) is 0 Å². The number of hydrogen-bond acceptors (Lipinski definition) is 1. The van der Waals surface area contributed by atoms with Gasteiger partial charge in [-0.2, -0.15) is 0 Å². The van der Waals surface area contributed by atoms with Crippen LogP contribution in [0.2, 0.25) is 0 Å². The molecule has 0 aromatic carbocycles. The van der Waals surface area contributed by atoms with Gasteiger partial charge in [-0.1, -0.05) is 13.8 Å². The average molecular weight is 163 g/mol. The van der Waals surface area contributed by atoms with Gasteiger partial charge in [-0.05, 0) is 18.9 Å². The minimum absolute atomic E-state index is 0.0899. The molecule has 0 radical (unpaired) electrons. The average Bonchev–Trinajstić information content (AvgIpc) is 1.85. The summed E-state index contributed by atoms with van der Waals surface area (Å²) in [7, 11) is 0. The van der Waals surface area contributed by atoms with Crippen LogP contribution in [0.15, 0.2) is 0 Å². The molecular weight excluding hydrogens is 148 g/mol. The summed E-state index contributed by atoms with van der Waals surface area (Å²) in [6.07, 6.45) is 0.602. The summed E-state index contributed by atoms with van der Waals surface area (Å²) >= 11 is 0. The second kappa shape index (κ2) is 3.05. The molecule has 1 saturated heterocycles. The van der Waals surface area contributed by atoms with Crippen LogP contribution in [0.1, 0.15) is 20.3 Å². The third kappa shape index (κ3) is 1.89. The highest BCUT2D eigenvalue weighted by molar-refractivity contribution is 4.85. The Kier molecular flexibility index (Phi) is 2.47. The van der Waals surface area contributed by atoms with Crippen LogP contribution in [-0.4, -0.2) is 19.0 Å². The maximum absolute atomic E-state index is 13.1. The van der Waals surface area contributed by atoms with E-state index in [9.17, 15) is 8.78 Å². The second-order valence-corrected chi connectivity index (χ2v) is 3.58. The lowest BCUT2D eigenvalue weighted by molar-refractivity contribution is -0.0895. The Hall–Kier alpha value is -0.180. The monoisotopic (exact) mass is 163 g/mol. The van der Waals surface area contributed by atoms with Gasteiger partial charge in [0.15, 0.2) is 0 Å². The van der Waals surface area contributed by atoms with Crippen LogP contribution in [0.5, 0.6) is 0 Å². The summed E-state index contributed by atoms with van der Waals surface area (Å²) < 4.78 is 26.1. The molecule has 0 aromatic rings. The molecule has 1 nitrogen and oxygen atoms in total. The van der Waals surface area contributed by atoms with Crippen LogP contribution in [0.4, 0.5) is 8.78 Å². The molecule has 3 heteroatoms. The largest absolute Gasteiger partial charge is 0.311 e. The molecule has 1 N–H and O–H groups in total. The predicted octanol–water partition coefficient (Wildman–Crippen LogP) is 1.89. The number of rotatable bonds is 1. The van der Waals surface area contributed by atoms with E-state index in [0.717, 1.165) is 6.54 Å². The van der Waals surface area contributed by atoms with Crippen molar-refractivity contribution in [1.29, 1.82) is 0 Å². The van der Waals surface area contributed by atoms with Crippen molar-refractivity contribution >= 4 is 0 Å². The maximum Gasteiger partial charge on any atom is 0.263 e. The van der Waals surface area contributed by atoms with Crippen LogP contribution in [0.25, 0.3) is 0 Å². The molecular formula is C8H15F2N. The van der Waals surface area contributed by atoms with Crippen molar-refractivity contribution in [2.24, 2.45) is 11.8 Å². The number of alkyl halides is 2. The normalized spacial score (nSPS) is 30.8. The molecule has 1 rings (SSSR count). The number of piperidine rings is 1. The zero-order valence-electron chi connectivity index (χ0n) is 7.03. The molecule has 0 aromatic heterocycles. The van der Waals surface area contributed by atoms with Gasteiger partial charge < -0.3 is 5.32 Å². The zero-order valence-corrected chi connectivity index (χ0v) is 7.03. The lowest BCUT2D eigenvalue weighted by Crippen LogP contribution is -2.47. The molecule has 1 fully saturated rings. The summed E-state index contributed by atoms with van der Waals surface area (Å²) in [6, 6.07) is 0. The fourth-order valence-electron chi connectivity index (χ4n) is 1.68. The van der Waals surface area contributed by atoms with E-state index in [2.05, 4.69) is 5.32 Å². The van der Waals surface area contributed by atoms with E-state index < -0.39 is 11.8 Å². The molecule has 1 heterocycles. The molecule has 0 amide bonds. The Labute approximate surface area is 66.2 Å². The second-order valence-electron chi connectivity index (χ2n) is 3.58.